The van der Waals surface area contributed by atoms with Crippen LogP contribution < -0.4 is 22.4 Å². The van der Waals surface area contributed by atoms with Crippen molar-refractivity contribution in [3.05, 3.63) is 34.4 Å². The number of esters is 1. The maximum absolute atomic E-state index is 12.8. The van der Waals surface area contributed by atoms with Crippen molar-refractivity contribution >= 4 is 23.8 Å². The van der Waals surface area contributed by atoms with Gasteiger partial charge in [-0.25, -0.2) is 9.59 Å². The van der Waals surface area contributed by atoms with Crippen LogP contribution in [-0.2, 0) is 23.9 Å². The molecule has 0 aromatic carbocycles. The molecule has 0 bridgehead atoms. The summed E-state index contributed by atoms with van der Waals surface area (Å²) >= 11 is 0. The lowest BCUT2D eigenvalue weighted by Gasteiger charge is -2.61. The lowest BCUT2D eigenvalue weighted by molar-refractivity contribution is -0.164. The molecule has 1 spiro atoms. The minimum Gasteiger partial charge on any atom is -0.480 e. The van der Waals surface area contributed by atoms with Crippen LogP contribution in [0.3, 0.4) is 0 Å². The van der Waals surface area contributed by atoms with Crippen LogP contribution in [0, 0.1) is 28.6 Å². The molecule has 6 rings (SSSR count). The van der Waals surface area contributed by atoms with Crippen LogP contribution in [0.15, 0.2) is 32.6 Å². The summed E-state index contributed by atoms with van der Waals surface area (Å²) in [4.78, 5) is 52.1. The van der Waals surface area contributed by atoms with Crippen LogP contribution >= 0.6 is 0 Å². The van der Waals surface area contributed by atoms with Crippen molar-refractivity contribution in [2.45, 2.75) is 146 Å². The number of rotatable bonds is 15. The van der Waals surface area contributed by atoms with Crippen LogP contribution in [0.25, 0.3) is 0 Å². The summed E-state index contributed by atoms with van der Waals surface area (Å²) in [6, 6.07) is 2.54. The Bertz CT molecular complexity index is 1490. The Morgan fingerprint density at radius 2 is 1.78 bits per heavy atom. The van der Waals surface area contributed by atoms with E-state index in [-0.39, 0.29) is 64.9 Å². The maximum atomic E-state index is 12.8. The van der Waals surface area contributed by atoms with Gasteiger partial charge < -0.3 is 35.8 Å². The highest BCUT2D eigenvalue weighted by Crippen LogP contribution is 2.78. The molecule has 4 aliphatic carbocycles. The van der Waals surface area contributed by atoms with E-state index in [1.807, 2.05) is 6.07 Å². The summed E-state index contributed by atoms with van der Waals surface area (Å²) in [6.07, 6.45) is 14.7. The third-order valence-corrected chi connectivity index (χ3v) is 13.6. The number of carboxylic acid groups (broad SMARTS) is 1. The molecule has 1 aromatic heterocycles. The van der Waals surface area contributed by atoms with Gasteiger partial charge in [-0.15, -0.1) is 0 Å². The van der Waals surface area contributed by atoms with Gasteiger partial charge in [0.25, 0.3) is 0 Å². The Hall–Kier alpha value is -3.41. The highest BCUT2D eigenvalue weighted by molar-refractivity contribution is 5.83. The smallest absolute Gasteiger partial charge is 0.335 e. The number of unbranched alkanes of at least 4 members (excludes halogenated alkanes) is 3. The number of hydrogen-bond acceptors (Lipinski definition) is 8. The number of aliphatic imine (C=N–C) groups is 1. The van der Waals surface area contributed by atoms with Gasteiger partial charge in [0.05, 0.1) is 12.4 Å². The molecule has 6 N–H and O–H groups in total. The SMILES string of the molecule is C[C@]12CC[C@H](OC(=O)CCCCCCC(=O)N[C@@H](CCCN=C(N)N)C(=O)O)C[C@H]1CC[C@@H]1[C@@H]2CC[C@]2(C)[C@@H](c3ccc(=O)oc3)C[C@H]3O[C@]132. The van der Waals surface area contributed by atoms with Gasteiger partial charge in [0, 0.05) is 30.9 Å². The molecule has 1 aromatic rings. The van der Waals surface area contributed by atoms with Gasteiger partial charge in [0.1, 0.15) is 17.7 Å². The monoisotopic (exact) mass is 696 g/mol. The predicted molar refractivity (Wildman–Crippen MR) is 186 cm³/mol. The van der Waals surface area contributed by atoms with Gasteiger partial charge in [0.2, 0.25) is 5.91 Å². The van der Waals surface area contributed by atoms with E-state index in [9.17, 15) is 24.3 Å². The number of carbonyl (C=O) groups excluding carboxylic acids is 2. The average Bonchev–Trinajstić information content (AvgIpc) is 3.73. The average molecular weight is 697 g/mol. The van der Waals surface area contributed by atoms with E-state index in [0.29, 0.717) is 55.9 Å². The highest BCUT2D eigenvalue weighted by Gasteiger charge is 2.80. The van der Waals surface area contributed by atoms with Crippen LogP contribution in [-0.4, -0.2) is 59.3 Å². The van der Waals surface area contributed by atoms with Gasteiger partial charge in [0.15, 0.2) is 5.96 Å². The molecular weight excluding hydrogens is 640 g/mol. The molecule has 1 saturated heterocycles. The molecule has 1 aliphatic heterocycles. The van der Waals surface area contributed by atoms with E-state index in [2.05, 4.69) is 24.2 Å². The molecular formula is C38H56N4O8. The molecule has 5 fully saturated rings. The van der Waals surface area contributed by atoms with E-state index in [1.165, 1.54) is 6.42 Å². The number of nitrogens with two attached hydrogens (primary N) is 2. The summed E-state index contributed by atoms with van der Waals surface area (Å²) in [5.74, 6) is 0.488. The lowest BCUT2D eigenvalue weighted by Crippen LogP contribution is -2.58. The number of epoxide rings is 1. The van der Waals surface area contributed by atoms with Crippen molar-refractivity contribution in [1.29, 1.82) is 0 Å². The molecule has 12 nitrogen and oxygen atoms in total. The molecule has 0 radical (unpaired) electrons. The van der Waals surface area contributed by atoms with Crippen LogP contribution in [0.2, 0.25) is 0 Å². The zero-order chi connectivity index (χ0) is 35.7. The van der Waals surface area contributed by atoms with Crippen molar-refractivity contribution in [3.63, 3.8) is 0 Å². The molecule has 12 heteroatoms. The Kier molecular flexibility index (Phi) is 10.7. The number of guanidine groups is 1. The van der Waals surface area contributed by atoms with Gasteiger partial charge >= 0.3 is 17.6 Å². The standard InChI is InChI=1S/C38H56N4O8/c1-36-17-15-25(49-33(45)10-6-4-3-5-9-31(43)42-29(34(46)47)8-7-19-41-35(39)40)20-24(36)12-13-27-26(36)16-18-37(2)28(21-30-38(27,37)50-30)23-11-14-32(44)48-22-23/h11,14,22,24-30H,3-10,12-13,15-21H2,1-2H3,(H,42,43)(H,46,47)(H4,39,40,41)/t24-,25+,26+,27-,28-,29+,30-,36+,37-,38-/m1/s1. The number of carbonyl (C=O) groups is 3. The molecule has 5 aliphatic rings. The molecule has 4 saturated carbocycles. The second-order valence-electron chi connectivity index (χ2n) is 16.2. The summed E-state index contributed by atoms with van der Waals surface area (Å²) in [7, 11) is 0. The van der Waals surface area contributed by atoms with E-state index < -0.39 is 12.0 Å². The Morgan fingerprint density at radius 3 is 2.50 bits per heavy atom. The van der Waals surface area contributed by atoms with Gasteiger partial charge in [-0.2, -0.15) is 0 Å². The quantitative estimate of drug-likeness (QED) is 0.0651. The Balaban J connectivity index is 0.906. The van der Waals surface area contributed by atoms with Gasteiger partial charge in [-0.05, 0) is 118 Å². The zero-order valence-electron chi connectivity index (χ0n) is 29.7. The van der Waals surface area contributed by atoms with Crippen molar-refractivity contribution in [1.82, 2.24) is 5.32 Å². The maximum Gasteiger partial charge on any atom is 0.335 e. The first-order valence-corrected chi connectivity index (χ1v) is 18.9. The van der Waals surface area contributed by atoms with Crippen LogP contribution in [0.5, 0.6) is 0 Å². The molecule has 276 valence electrons. The van der Waals surface area contributed by atoms with Crippen molar-refractivity contribution < 1.29 is 33.4 Å². The number of aliphatic carboxylic acids is 1. The van der Waals surface area contributed by atoms with E-state index in [0.717, 1.165) is 63.4 Å². The lowest BCUT2D eigenvalue weighted by atomic mass is 9.44. The molecule has 2 heterocycles. The fourth-order valence-corrected chi connectivity index (χ4v) is 11.0. The normalized spacial score (nSPS) is 35.7. The summed E-state index contributed by atoms with van der Waals surface area (Å²) in [6.45, 7) is 5.23. The fourth-order valence-electron chi connectivity index (χ4n) is 11.0. The molecule has 10 atom stereocenters. The summed E-state index contributed by atoms with van der Waals surface area (Å²) in [5.41, 5.74) is 11.6. The van der Waals surface area contributed by atoms with E-state index >= 15 is 0 Å². The summed E-state index contributed by atoms with van der Waals surface area (Å²) < 4.78 is 18.0. The molecule has 0 unspecified atom stereocenters. The first kappa shape index (κ1) is 36.4. The van der Waals surface area contributed by atoms with Crippen LogP contribution in [0.4, 0.5) is 0 Å². The molecule has 1 amide bonds. The van der Waals surface area contributed by atoms with E-state index in [4.69, 9.17) is 25.4 Å². The highest BCUT2D eigenvalue weighted by atomic mass is 16.6. The number of carboxylic acids is 1. The Morgan fingerprint density at radius 1 is 1.00 bits per heavy atom. The summed E-state index contributed by atoms with van der Waals surface area (Å²) in [5, 5.41) is 12.0. The third-order valence-electron chi connectivity index (χ3n) is 13.6. The predicted octanol–water partition coefficient (Wildman–Crippen LogP) is 4.77. The second kappa shape index (κ2) is 14.7. The number of ether oxygens (including phenoxy) is 2. The minimum atomic E-state index is -1.08. The first-order valence-electron chi connectivity index (χ1n) is 18.9. The van der Waals surface area contributed by atoms with Crippen molar-refractivity contribution in [2.24, 2.45) is 45.0 Å². The number of nitrogens with one attached hydrogen (secondary N) is 1. The minimum absolute atomic E-state index is 0.0250. The Labute approximate surface area is 294 Å². The van der Waals surface area contributed by atoms with Crippen molar-refractivity contribution in [3.8, 4) is 0 Å². The zero-order valence-corrected chi connectivity index (χ0v) is 29.7. The fraction of sp³-hybridized carbons (Fsp3) is 0.763. The number of fused-ring (bicyclic) bond motifs is 3. The number of nitrogens with zero attached hydrogens (tertiary/aromatic N) is 1. The van der Waals surface area contributed by atoms with E-state index in [1.54, 1.807) is 12.3 Å². The first-order chi connectivity index (χ1) is 23.9. The third kappa shape index (κ3) is 7.05. The molecule has 50 heavy (non-hydrogen) atoms. The number of amides is 1. The van der Waals surface area contributed by atoms with Gasteiger partial charge in [-0.1, -0.05) is 26.7 Å². The van der Waals surface area contributed by atoms with Crippen molar-refractivity contribution in [2.75, 3.05) is 6.54 Å². The van der Waals surface area contributed by atoms with Gasteiger partial charge in [-0.3, -0.25) is 14.6 Å². The van der Waals surface area contributed by atoms with Crippen LogP contribution in [0.1, 0.15) is 128 Å². The number of hydrogen-bond donors (Lipinski definition) is 4. The topological polar surface area (TPSA) is 200 Å². The largest absolute Gasteiger partial charge is 0.480 e. The second-order valence-corrected chi connectivity index (χ2v) is 16.2.